The number of rotatable bonds is 4. The second kappa shape index (κ2) is 5.68. The number of aliphatic hydroxyl groups excluding tert-OH is 1. The topological polar surface area (TPSA) is 26.7 Å². The van der Waals surface area contributed by atoms with E-state index in [-0.39, 0.29) is 6.10 Å². The number of hydrogen-bond donors (Lipinski definition) is 1. The van der Waals surface area contributed by atoms with E-state index in [1.54, 1.807) is 0 Å². The van der Waals surface area contributed by atoms with Gasteiger partial charge in [-0.2, -0.15) is 0 Å². The third-order valence-electron chi connectivity index (χ3n) is 4.75. The zero-order chi connectivity index (χ0) is 12.4. The molecule has 17 heavy (non-hydrogen) atoms. The Morgan fingerprint density at radius 1 is 1.24 bits per heavy atom. The fraction of sp³-hybridized carbons (Fsp3) is 1.00. The van der Waals surface area contributed by atoms with Crippen LogP contribution in [-0.4, -0.2) is 60.8 Å². The van der Waals surface area contributed by atoms with Crippen LogP contribution in [0.15, 0.2) is 0 Å². The first-order valence-electron chi connectivity index (χ1n) is 7.14. The van der Waals surface area contributed by atoms with Gasteiger partial charge in [-0.05, 0) is 51.7 Å². The molecule has 0 radical (unpaired) electrons. The molecule has 0 bridgehead atoms. The van der Waals surface area contributed by atoms with Crippen LogP contribution in [0.4, 0.5) is 0 Å². The third kappa shape index (κ3) is 3.21. The standard InChI is InChI=1S/C14H28N2O/c1-11-9-16(10-13(11)15(2)3)8-7-12-5-4-6-14(12)17/h11-14,17H,4-10H2,1-3H3. The van der Waals surface area contributed by atoms with Crippen molar-refractivity contribution in [2.24, 2.45) is 11.8 Å². The van der Waals surface area contributed by atoms with Crippen LogP contribution < -0.4 is 0 Å². The Kier molecular flexibility index (Phi) is 4.45. The van der Waals surface area contributed by atoms with Gasteiger partial charge in [-0.15, -0.1) is 0 Å². The average molecular weight is 240 g/mol. The van der Waals surface area contributed by atoms with Crippen LogP contribution in [0.3, 0.4) is 0 Å². The van der Waals surface area contributed by atoms with E-state index in [4.69, 9.17) is 0 Å². The van der Waals surface area contributed by atoms with E-state index in [0.717, 1.165) is 12.3 Å². The molecule has 2 rings (SSSR count). The molecule has 2 aliphatic rings. The van der Waals surface area contributed by atoms with Gasteiger partial charge in [0.15, 0.2) is 0 Å². The maximum Gasteiger partial charge on any atom is 0.0568 e. The molecule has 0 aromatic rings. The highest BCUT2D eigenvalue weighted by atomic mass is 16.3. The van der Waals surface area contributed by atoms with E-state index in [9.17, 15) is 5.11 Å². The molecule has 0 amide bonds. The largest absolute Gasteiger partial charge is 0.393 e. The van der Waals surface area contributed by atoms with Crippen molar-refractivity contribution in [1.29, 1.82) is 0 Å². The van der Waals surface area contributed by atoms with E-state index < -0.39 is 0 Å². The zero-order valence-electron chi connectivity index (χ0n) is 11.6. The van der Waals surface area contributed by atoms with Crippen LogP contribution in [0, 0.1) is 11.8 Å². The van der Waals surface area contributed by atoms with Gasteiger partial charge < -0.3 is 14.9 Å². The summed E-state index contributed by atoms with van der Waals surface area (Å²) in [4.78, 5) is 4.94. The van der Waals surface area contributed by atoms with Crippen LogP contribution in [0.25, 0.3) is 0 Å². The molecule has 100 valence electrons. The summed E-state index contributed by atoms with van der Waals surface area (Å²) in [5, 5.41) is 9.83. The molecule has 1 heterocycles. The first kappa shape index (κ1) is 13.3. The highest BCUT2D eigenvalue weighted by Crippen LogP contribution is 2.29. The molecule has 0 aromatic carbocycles. The van der Waals surface area contributed by atoms with E-state index in [1.807, 2.05) is 0 Å². The first-order valence-corrected chi connectivity index (χ1v) is 7.14. The molecule has 4 unspecified atom stereocenters. The number of hydrogen-bond acceptors (Lipinski definition) is 3. The molecular weight excluding hydrogens is 212 g/mol. The first-order chi connectivity index (χ1) is 8.08. The second-order valence-electron chi connectivity index (χ2n) is 6.31. The lowest BCUT2D eigenvalue weighted by atomic mass is 10.0. The van der Waals surface area contributed by atoms with Crippen LogP contribution >= 0.6 is 0 Å². The highest BCUT2D eigenvalue weighted by Gasteiger charge is 2.32. The fourth-order valence-electron chi connectivity index (χ4n) is 3.61. The monoisotopic (exact) mass is 240 g/mol. The normalized spacial score (nSPS) is 39.4. The van der Waals surface area contributed by atoms with Gasteiger partial charge in [0.05, 0.1) is 6.10 Å². The Hall–Kier alpha value is -0.120. The maximum absolute atomic E-state index is 9.83. The van der Waals surface area contributed by atoms with Gasteiger partial charge in [-0.1, -0.05) is 13.3 Å². The van der Waals surface area contributed by atoms with E-state index in [2.05, 4.69) is 30.8 Å². The SMILES string of the molecule is CC1CN(CCC2CCCC2O)CC1N(C)C. The second-order valence-corrected chi connectivity index (χ2v) is 6.31. The maximum atomic E-state index is 9.83. The number of aliphatic hydroxyl groups is 1. The minimum Gasteiger partial charge on any atom is -0.393 e. The van der Waals surface area contributed by atoms with E-state index in [0.29, 0.717) is 12.0 Å². The lowest BCUT2D eigenvalue weighted by Gasteiger charge is -2.23. The molecule has 1 aliphatic carbocycles. The van der Waals surface area contributed by atoms with Crippen molar-refractivity contribution in [1.82, 2.24) is 9.80 Å². The van der Waals surface area contributed by atoms with Crippen LogP contribution in [0.1, 0.15) is 32.6 Å². The molecule has 3 heteroatoms. The molecule has 0 spiro atoms. The van der Waals surface area contributed by atoms with Gasteiger partial charge in [-0.25, -0.2) is 0 Å². The van der Waals surface area contributed by atoms with Crippen LogP contribution in [-0.2, 0) is 0 Å². The van der Waals surface area contributed by atoms with Crippen LogP contribution in [0.2, 0.25) is 0 Å². The Labute approximate surface area is 106 Å². The third-order valence-corrected chi connectivity index (χ3v) is 4.75. The summed E-state index contributed by atoms with van der Waals surface area (Å²) >= 11 is 0. The Morgan fingerprint density at radius 3 is 2.53 bits per heavy atom. The van der Waals surface area contributed by atoms with Gasteiger partial charge in [0.1, 0.15) is 0 Å². The van der Waals surface area contributed by atoms with Crippen molar-refractivity contribution in [2.75, 3.05) is 33.7 Å². The van der Waals surface area contributed by atoms with E-state index >= 15 is 0 Å². The lowest BCUT2D eigenvalue weighted by molar-refractivity contribution is 0.120. The van der Waals surface area contributed by atoms with Crippen molar-refractivity contribution >= 4 is 0 Å². The van der Waals surface area contributed by atoms with Gasteiger partial charge in [0.25, 0.3) is 0 Å². The molecule has 3 nitrogen and oxygen atoms in total. The van der Waals surface area contributed by atoms with Gasteiger partial charge in [0, 0.05) is 19.1 Å². The number of likely N-dealkylation sites (tertiary alicyclic amines) is 1. The van der Waals surface area contributed by atoms with E-state index in [1.165, 1.54) is 38.9 Å². The summed E-state index contributed by atoms with van der Waals surface area (Å²) in [5.41, 5.74) is 0. The van der Waals surface area contributed by atoms with Gasteiger partial charge in [-0.3, -0.25) is 0 Å². The molecular formula is C14H28N2O. The van der Waals surface area contributed by atoms with Gasteiger partial charge >= 0.3 is 0 Å². The molecule has 1 saturated heterocycles. The predicted octanol–water partition coefficient (Wildman–Crippen LogP) is 1.42. The lowest BCUT2D eigenvalue weighted by Crippen LogP contribution is -2.34. The van der Waals surface area contributed by atoms with Crippen molar-refractivity contribution in [3.05, 3.63) is 0 Å². The minimum atomic E-state index is -0.0142. The van der Waals surface area contributed by atoms with Crippen molar-refractivity contribution in [2.45, 2.75) is 44.8 Å². The highest BCUT2D eigenvalue weighted by molar-refractivity contribution is 4.87. The average Bonchev–Trinajstić information content (AvgIpc) is 2.82. The zero-order valence-corrected chi connectivity index (χ0v) is 11.6. The Morgan fingerprint density at radius 2 is 2.00 bits per heavy atom. The fourth-order valence-corrected chi connectivity index (χ4v) is 3.61. The smallest absolute Gasteiger partial charge is 0.0568 e. The molecule has 0 aromatic heterocycles. The molecule has 1 N–H and O–H groups in total. The number of likely N-dealkylation sites (N-methyl/N-ethyl adjacent to an activating group) is 1. The molecule has 2 fully saturated rings. The summed E-state index contributed by atoms with van der Waals surface area (Å²) < 4.78 is 0. The summed E-state index contributed by atoms with van der Waals surface area (Å²) in [7, 11) is 4.37. The summed E-state index contributed by atoms with van der Waals surface area (Å²) in [6, 6.07) is 0.712. The molecule has 1 saturated carbocycles. The summed E-state index contributed by atoms with van der Waals surface area (Å²) in [5.74, 6) is 1.35. The molecule has 1 aliphatic heterocycles. The van der Waals surface area contributed by atoms with Crippen molar-refractivity contribution < 1.29 is 5.11 Å². The Balaban J connectivity index is 1.74. The van der Waals surface area contributed by atoms with Gasteiger partial charge in [0.2, 0.25) is 0 Å². The Bertz CT molecular complexity index is 244. The van der Waals surface area contributed by atoms with Crippen molar-refractivity contribution in [3.8, 4) is 0 Å². The molecule has 4 atom stereocenters. The summed E-state index contributed by atoms with van der Waals surface area (Å²) in [6.45, 7) is 5.97. The van der Waals surface area contributed by atoms with Crippen molar-refractivity contribution in [3.63, 3.8) is 0 Å². The predicted molar refractivity (Wildman–Crippen MR) is 71.0 cm³/mol. The number of nitrogens with zero attached hydrogens (tertiary/aromatic N) is 2. The summed E-state index contributed by atoms with van der Waals surface area (Å²) in [6.07, 6.45) is 4.67. The quantitative estimate of drug-likeness (QED) is 0.805. The minimum absolute atomic E-state index is 0.0142. The van der Waals surface area contributed by atoms with Crippen LogP contribution in [0.5, 0.6) is 0 Å².